The van der Waals surface area contributed by atoms with Crippen LogP contribution in [0.1, 0.15) is 21.6 Å². The lowest BCUT2D eigenvalue weighted by Gasteiger charge is -2.06. The molecule has 0 saturated heterocycles. The summed E-state index contributed by atoms with van der Waals surface area (Å²) < 4.78 is 3.68. The number of aryl methyl sites for hydroxylation is 1. The van der Waals surface area contributed by atoms with Crippen LogP contribution >= 0.6 is 11.6 Å². The lowest BCUT2D eigenvalue weighted by atomic mass is 10.2. The Bertz CT molecular complexity index is 833. The second-order valence-corrected chi connectivity index (χ2v) is 5.84. The van der Waals surface area contributed by atoms with E-state index in [1.807, 2.05) is 49.1 Å². The van der Waals surface area contributed by atoms with Crippen molar-refractivity contribution in [3.63, 3.8) is 0 Å². The van der Waals surface area contributed by atoms with Crippen molar-refractivity contribution in [3.05, 3.63) is 70.8 Å². The van der Waals surface area contributed by atoms with Gasteiger partial charge in [-0.2, -0.15) is 5.10 Å². The molecule has 0 radical (unpaired) electrons. The Balaban J connectivity index is 1.75. The van der Waals surface area contributed by atoms with Crippen LogP contribution in [0.5, 0.6) is 0 Å². The summed E-state index contributed by atoms with van der Waals surface area (Å²) in [5.41, 5.74) is 3.28. The Hall–Kier alpha value is -2.53. The summed E-state index contributed by atoms with van der Waals surface area (Å²) in [6.07, 6.45) is 5.51. The van der Waals surface area contributed by atoms with Crippen LogP contribution in [0, 0.1) is 6.92 Å². The highest BCUT2D eigenvalue weighted by Crippen LogP contribution is 2.17. The average Bonchev–Trinajstić information content (AvgIpc) is 3.12. The van der Waals surface area contributed by atoms with E-state index in [-0.39, 0.29) is 5.91 Å². The minimum atomic E-state index is -0.133. The molecule has 23 heavy (non-hydrogen) atoms. The van der Waals surface area contributed by atoms with Crippen molar-refractivity contribution in [2.45, 2.75) is 13.5 Å². The van der Waals surface area contributed by atoms with E-state index in [2.05, 4.69) is 10.4 Å². The van der Waals surface area contributed by atoms with Crippen LogP contribution in [0.15, 0.2) is 48.9 Å². The van der Waals surface area contributed by atoms with Crippen LogP contribution in [0.3, 0.4) is 0 Å². The minimum absolute atomic E-state index is 0.133. The van der Waals surface area contributed by atoms with Crippen LogP contribution in [0.4, 0.5) is 0 Å². The first-order chi connectivity index (χ1) is 11.0. The maximum absolute atomic E-state index is 12.4. The number of hydrogen-bond donors (Lipinski definition) is 1. The Morgan fingerprint density at radius 2 is 2.00 bits per heavy atom. The summed E-state index contributed by atoms with van der Waals surface area (Å²) in [6.45, 7) is 2.37. The molecule has 0 unspecified atom stereocenters. The highest BCUT2D eigenvalue weighted by Gasteiger charge is 2.15. The number of benzene rings is 1. The van der Waals surface area contributed by atoms with Gasteiger partial charge in [0.25, 0.3) is 5.91 Å². The van der Waals surface area contributed by atoms with Crippen LogP contribution in [0.2, 0.25) is 5.02 Å². The van der Waals surface area contributed by atoms with E-state index in [4.69, 9.17) is 11.6 Å². The Morgan fingerprint density at radius 3 is 2.65 bits per heavy atom. The van der Waals surface area contributed by atoms with Crippen LogP contribution in [0.25, 0.3) is 5.69 Å². The molecule has 0 aliphatic carbocycles. The Kier molecular flexibility index (Phi) is 4.21. The first kappa shape index (κ1) is 15.4. The first-order valence-electron chi connectivity index (χ1n) is 7.24. The number of rotatable bonds is 4. The molecule has 6 heteroatoms. The van der Waals surface area contributed by atoms with E-state index < -0.39 is 0 Å². The Morgan fingerprint density at radius 1 is 1.26 bits per heavy atom. The fourth-order valence-corrected chi connectivity index (χ4v) is 2.54. The number of aromatic nitrogens is 3. The topological polar surface area (TPSA) is 51.9 Å². The molecule has 1 amide bonds. The predicted molar refractivity (Wildman–Crippen MR) is 89.9 cm³/mol. The maximum Gasteiger partial charge on any atom is 0.255 e. The van der Waals surface area contributed by atoms with Gasteiger partial charge in [0.05, 0.1) is 23.1 Å². The van der Waals surface area contributed by atoms with Gasteiger partial charge in [-0.3, -0.25) is 4.79 Å². The van der Waals surface area contributed by atoms with Crippen molar-refractivity contribution >= 4 is 17.5 Å². The zero-order chi connectivity index (χ0) is 16.4. The van der Waals surface area contributed by atoms with E-state index in [9.17, 15) is 4.79 Å². The van der Waals surface area contributed by atoms with Crippen LogP contribution in [-0.2, 0) is 13.6 Å². The third kappa shape index (κ3) is 3.29. The number of carbonyl (C=O) groups is 1. The molecule has 0 aliphatic rings. The predicted octanol–water partition coefficient (Wildman–Crippen LogP) is 3.10. The van der Waals surface area contributed by atoms with Gasteiger partial charge in [-0.15, -0.1) is 0 Å². The molecule has 5 nitrogen and oxygen atoms in total. The van der Waals surface area contributed by atoms with Crippen molar-refractivity contribution in [1.29, 1.82) is 0 Å². The van der Waals surface area contributed by atoms with Crippen molar-refractivity contribution in [2.75, 3.05) is 0 Å². The lowest BCUT2D eigenvalue weighted by molar-refractivity contribution is 0.0950. The molecule has 0 atom stereocenters. The summed E-state index contributed by atoms with van der Waals surface area (Å²) in [4.78, 5) is 12.4. The van der Waals surface area contributed by atoms with Gasteiger partial charge < -0.3 is 9.88 Å². The van der Waals surface area contributed by atoms with Gasteiger partial charge in [0.2, 0.25) is 0 Å². The zero-order valence-corrected chi connectivity index (χ0v) is 13.7. The zero-order valence-electron chi connectivity index (χ0n) is 13.0. The van der Waals surface area contributed by atoms with E-state index in [1.165, 1.54) is 0 Å². The molecule has 118 valence electrons. The highest BCUT2D eigenvalue weighted by atomic mass is 35.5. The fourth-order valence-electron chi connectivity index (χ4n) is 2.42. The number of amides is 1. The molecule has 0 bridgehead atoms. The first-order valence-corrected chi connectivity index (χ1v) is 7.62. The molecule has 1 aromatic carbocycles. The smallest absolute Gasteiger partial charge is 0.255 e. The number of nitrogens with one attached hydrogen (secondary N) is 1. The molecule has 3 rings (SSSR count). The van der Waals surface area contributed by atoms with E-state index in [1.54, 1.807) is 23.0 Å². The number of halogens is 1. The monoisotopic (exact) mass is 328 g/mol. The normalized spacial score (nSPS) is 10.7. The minimum Gasteiger partial charge on any atom is -0.357 e. The molecule has 0 aliphatic heterocycles. The maximum atomic E-state index is 12.4. The van der Waals surface area contributed by atoms with E-state index >= 15 is 0 Å². The quantitative estimate of drug-likeness (QED) is 0.800. The third-order valence-electron chi connectivity index (χ3n) is 3.67. The van der Waals surface area contributed by atoms with E-state index in [0.717, 1.165) is 16.9 Å². The second-order valence-electron chi connectivity index (χ2n) is 5.40. The fraction of sp³-hybridized carbons (Fsp3) is 0.176. The van der Waals surface area contributed by atoms with Crippen LogP contribution < -0.4 is 5.32 Å². The Labute approximate surface area is 139 Å². The molecule has 0 saturated carbocycles. The van der Waals surface area contributed by atoms with Gasteiger partial charge in [-0.1, -0.05) is 11.6 Å². The molecular weight excluding hydrogens is 312 g/mol. The molecular formula is C17H17ClN4O. The molecule has 1 N–H and O–H groups in total. The highest BCUT2D eigenvalue weighted by molar-refractivity contribution is 6.30. The average molecular weight is 329 g/mol. The summed E-state index contributed by atoms with van der Waals surface area (Å²) in [7, 11) is 1.95. The summed E-state index contributed by atoms with van der Waals surface area (Å²) in [5, 5.41) is 7.89. The van der Waals surface area contributed by atoms with Crippen molar-refractivity contribution < 1.29 is 4.79 Å². The number of carbonyl (C=O) groups excluding carboxylic acids is 1. The van der Waals surface area contributed by atoms with Gasteiger partial charge in [-0.05, 0) is 42.8 Å². The third-order valence-corrected chi connectivity index (χ3v) is 3.92. The number of nitrogens with zero attached hydrogens (tertiary/aromatic N) is 3. The number of hydrogen-bond acceptors (Lipinski definition) is 2. The summed E-state index contributed by atoms with van der Waals surface area (Å²) >= 11 is 5.90. The lowest BCUT2D eigenvalue weighted by Crippen LogP contribution is -2.23. The standard InChI is InChI=1S/C17H17ClN4O/c1-12-16(17(23)19-9-13-7-8-21(2)11-13)10-20-22(12)15-5-3-14(18)4-6-15/h3-8,10-11H,9H2,1-2H3,(H,19,23). The summed E-state index contributed by atoms with van der Waals surface area (Å²) in [5.74, 6) is -0.133. The second kappa shape index (κ2) is 6.30. The van der Waals surface area contributed by atoms with Gasteiger partial charge in [0.15, 0.2) is 0 Å². The van der Waals surface area contributed by atoms with Gasteiger partial charge in [0.1, 0.15) is 0 Å². The van der Waals surface area contributed by atoms with Crippen molar-refractivity contribution in [1.82, 2.24) is 19.7 Å². The van der Waals surface area contributed by atoms with Crippen molar-refractivity contribution in [3.8, 4) is 5.69 Å². The van der Waals surface area contributed by atoms with Gasteiger partial charge in [-0.25, -0.2) is 4.68 Å². The molecule has 2 heterocycles. The molecule has 3 aromatic rings. The SMILES string of the molecule is Cc1c(C(=O)NCc2ccn(C)c2)cnn1-c1ccc(Cl)cc1. The molecule has 0 spiro atoms. The largest absolute Gasteiger partial charge is 0.357 e. The van der Waals surface area contributed by atoms with Crippen LogP contribution in [-0.4, -0.2) is 20.3 Å². The molecule has 2 aromatic heterocycles. The summed E-state index contributed by atoms with van der Waals surface area (Å²) in [6, 6.07) is 9.31. The van der Waals surface area contributed by atoms with Crippen molar-refractivity contribution in [2.24, 2.45) is 7.05 Å². The van der Waals surface area contributed by atoms with E-state index in [0.29, 0.717) is 17.1 Å². The van der Waals surface area contributed by atoms with Gasteiger partial charge in [0, 0.05) is 31.0 Å². The van der Waals surface area contributed by atoms with Gasteiger partial charge >= 0.3 is 0 Å². The molecule has 0 fully saturated rings.